The summed E-state index contributed by atoms with van der Waals surface area (Å²) in [6.07, 6.45) is -0.0211. The van der Waals surface area contributed by atoms with E-state index < -0.39 is 11.8 Å². The molecular weight excluding hydrogens is 450 g/mol. The summed E-state index contributed by atoms with van der Waals surface area (Å²) >= 11 is 3.29. The Hall–Kier alpha value is -3.00. The minimum absolute atomic E-state index is 0.00563. The first-order chi connectivity index (χ1) is 14.3. The van der Waals surface area contributed by atoms with Crippen molar-refractivity contribution in [2.75, 3.05) is 25.0 Å². The van der Waals surface area contributed by atoms with Gasteiger partial charge in [0.2, 0.25) is 5.91 Å². The number of hydrogen-bond donors (Lipinski definition) is 1. The molecule has 8 heteroatoms. The Balaban J connectivity index is 1.57. The second-order valence-corrected chi connectivity index (χ2v) is 7.72. The lowest BCUT2D eigenvalue weighted by atomic mass is 10.1. The van der Waals surface area contributed by atoms with Crippen LogP contribution in [0.1, 0.15) is 51.3 Å². The van der Waals surface area contributed by atoms with Gasteiger partial charge in [-0.25, -0.2) is 0 Å². The van der Waals surface area contributed by atoms with Crippen molar-refractivity contribution in [3.05, 3.63) is 63.6 Å². The Morgan fingerprint density at radius 2 is 1.60 bits per heavy atom. The fourth-order valence-corrected chi connectivity index (χ4v) is 3.65. The Morgan fingerprint density at radius 1 is 0.967 bits per heavy atom. The molecule has 3 rings (SSSR count). The zero-order chi connectivity index (χ0) is 21.8. The van der Waals surface area contributed by atoms with Crippen molar-refractivity contribution < 1.29 is 19.2 Å². The van der Waals surface area contributed by atoms with E-state index in [1.165, 1.54) is 0 Å². The summed E-state index contributed by atoms with van der Waals surface area (Å²) in [5.41, 5.74) is 1.77. The van der Waals surface area contributed by atoms with Gasteiger partial charge < -0.3 is 10.2 Å². The van der Waals surface area contributed by atoms with E-state index in [0.29, 0.717) is 39.9 Å². The maximum absolute atomic E-state index is 12.5. The molecule has 1 aliphatic heterocycles. The number of carbonyl (C=O) groups excluding carboxylic acids is 4. The zero-order valence-electron chi connectivity index (χ0n) is 16.8. The maximum Gasteiger partial charge on any atom is 0.261 e. The Morgan fingerprint density at radius 3 is 2.23 bits per heavy atom. The lowest BCUT2D eigenvalue weighted by molar-refractivity contribution is -0.116. The fourth-order valence-electron chi connectivity index (χ4n) is 3.29. The molecule has 0 aromatic heterocycles. The first kappa shape index (κ1) is 21.7. The largest absolute Gasteiger partial charge is 0.339 e. The van der Waals surface area contributed by atoms with E-state index in [4.69, 9.17) is 0 Å². The summed E-state index contributed by atoms with van der Waals surface area (Å²) in [6.45, 7) is 5.09. The molecule has 0 bridgehead atoms. The highest BCUT2D eigenvalue weighted by molar-refractivity contribution is 9.10. The van der Waals surface area contributed by atoms with Crippen molar-refractivity contribution >= 4 is 45.2 Å². The van der Waals surface area contributed by atoms with Crippen LogP contribution in [-0.4, -0.2) is 53.1 Å². The molecule has 1 N–H and O–H groups in total. The monoisotopic (exact) mass is 471 g/mol. The summed E-state index contributed by atoms with van der Waals surface area (Å²) < 4.78 is 0.713. The number of hydrogen-bond acceptors (Lipinski definition) is 4. The van der Waals surface area contributed by atoms with Crippen LogP contribution in [0.15, 0.2) is 46.9 Å². The molecule has 156 valence electrons. The molecule has 0 fully saturated rings. The molecule has 0 unspecified atom stereocenters. The predicted octanol–water partition coefficient (Wildman–Crippen LogP) is 3.56. The molecule has 30 heavy (non-hydrogen) atoms. The van der Waals surface area contributed by atoms with Crippen molar-refractivity contribution in [1.29, 1.82) is 0 Å². The van der Waals surface area contributed by atoms with Gasteiger partial charge in [0.05, 0.1) is 11.1 Å². The third-order valence-corrected chi connectivity index (χ3v) is 5.45. The second kappa shape index (κ2) is 9.21. The number of fused-ring (bicyclic) bond motifs is 1. The summed E-state index contributed by atoms with van der Waals surface area (Å²) in [5, 5.41) is 2.73. The third-order valence-electron chi connectivity index (χ3n) is 4.96. The van der Waals surface area contributed by atoms with Crippen molar-refractivity contribution in [2.24, 2.45) is 0 Å². The predicted molar refractivity (Wildman–Crippen MR) is 116 cm³/mol. The van der Waals surface area contributed by atoms with Crippen LogP contribution in [0.5, 0.6) is 0 Å². The summed E-state index contributed by atoms with van der Waals surface area (Å²) in [4.78, 5) is 52.3. The minimum atomic E-state index is -0.400. The van der Waals surface area contributed by atoms with Crippen molar-refractivity contribution in [1.82, 2.24) is 9.80 Å². The number of imide groups is 1. The molecule has 0 saturated carbocycles. The van der Waals surface area contributed by atoms with E-state index in [2.05, 4.69) is 21.2 Å². The molecular formula is C22H22BrN3O4. The summed E-state index contributed by atoms with van der Waals surface area (Å²) in [5.74, 6) is -1.18. The van der Waals surface area contributed by atoms with Crippen LogP contribution in [0.25, 0.3) is 0 Å². The number of benzene rings is 2. The summed E-state index contributed by atoms with van der Waals surface area (Å²) in [6, 6.07) is 11.6. The van der Waals surface area contributed by atoms with Crippen LogP contribution in [0, 0.1) is 0 Å². The Bertz CT molecular complexity index is 1000. The van der Waals surface area contributed by atoms with Gasteiger partial charge in [0, 0.05) is 41.8 Å². The molecule has 0 saturated heterocycles. The van der Waals surface area contributed by atoms with Crippen LogP contribution >= 0.6 is 15.9 Å². The fraction of sp³-hybridized carbons (Fsp3) is 0.273. The highest BCUT2D eigenvalue weighted by Crippen LogP contribution is 2.26. The van der Waals surface area contributed by atoms with Crippen molar-refractivity contribution in [2.45, 2.75) is 20.3 Å². The van der Waals surface area contributed by atoms with Crippen LogP contribution in [0.3, 0.4) is 0 Å². The maximum atomic E-state index is 12.5. The summed E-state index contributed by atoms with van der Waals surface area (Å²) in [7, 11) is 0. The average molecular weight is 472 g/mol. The van der Waals surface area contributed by atoms with Gasteiger partial charge in [0.25, 0.3) is 17.7 Å². The molecule has 0 radical (unpaired) electrons. The van der Waals surface area contributed by atoms with Gasteiger partial charge in [-0.2, -0.15) is 0 Å². The van der Waals surface area contributed by atoms with Gasteiger partial charge in [-0.05, 0) is 56.3 Å². The Labute approximate surface area is 183 Å². The first-order valence-electron chi connectivity index (χ1n) is 9.70. The van der Waals surface area contributed by atoms with Crippen molar-refractivity contribution in [3.8, 4) is 0 Å². The lowest BCUT2D eigenvalue weighted by Gasteiger charge is -2.18. The number of nitrogens with zero attached hydrogens (tertiary/aromatic N) is 2. The molecule has 2 aromatic rings. The molecule has 7 nitrogen and oxygen atoms in total. The lowest BCUT2D eigenvalue weighted by Crippen LogP contribution is -2.32. The number of carbonyl (C=O) groups is 4. The van der Waals surface area contributed by atoms with Crippen LogP contribution < -0.4 is 5.32 Å². The van der Waals surface area contributed by atoms with Gasteiger partial charge in [-0.3, -0.25) is 24.1 Å². The van der Waals surface area contributed by atoms with Crippen LogP contribution in [0.2, 0.25) is 0 Å². The van der Waals surface area contributed by atoms with Gasteiger partial charge in [0.15, 0.2) is 0 Å². The molecule has 0 aliphatic carbocycles. The van der Waals surface area contributed by atoms with E-state index in [-0.39, 0.29) is 24.8 Å². The number of halogens is 1. The normalized spacial score (nSPS) is 12.7. The van der Waals surface area contributed by atoms with Gasteiger partial charge in [-0.1, -0.05) is 15.9 Å². The Kier molecular flexibility index (Phi) is 6.66. The van der Waals surface area contributed by atoms with E-state index in [1.54, 1.807) is 47.4 Å². The van der Waals surface area contributed by atoms with Gasteiger partial charge >= 0.3 is 0 Å². The average Bonchev–Trinajstić information content (AvgIpc) is 2.97. The second-order valence-electron chi connectivity index (χ2n) is 6.80. The van der Waals surface area contributed by atoms with E-state index >= 15 is 0 Å². The van der Waals surface area contributed by atoms with E-state index in [0.717, 1.165) is 4.90 Å². The highest BCUT2D eigenvalue weighted by atomic mass is 79.9. The highest BCUT2D eigenvalue weighted by Gasteiger charge is 2.35. The quantitative estimate of drug-likeness (QED) is 0.625. The third kappa shape index (κ3) is 4.43. The van der Waals surface area contributed by atoms with Gasteiger partial charge in [0.1, 0.15) is 0 Å². The van der Waals surface area contributed by atoms with Crippen LogP contribution in [-0.2, 0) is 4.79 Å². The SMILES string of the molecule is CCN(CC)C(=O)c1ccc(NC(=O)CCN2C(=O)c3ccc(Br)cc3C2=O)cc1. The first-order valence-corrected chi connectivity index (χ1v) is 10.5. The minimum Gasteiger partial charge on any atom is -0.339 e. The number of rotatable bonds is 7. The number of amides is 4. The number of anilines is 1. The molecule has 2 aromatic carbocycles. The van der Waals surface area contributed by atoms with E-state index in [1.807, 2.05) is 13.8 Å². The number of nitrogens with one attached hydrogen (secondary N) is 1. The van der Waals surface area contributed by atoms with Crippen molar-refractivity contribution in [3.63, 3.8) is 0 Å². The smallest absolute Gasteiger partial charge is 0.261 e. The van der Waals surface area contributed by atoms with Crippen LogP contribution in [0.4, 0.5) is 5.69 Å². The molecule has 1 aliphatic rings. The van der Waals surface area contributed by atoms with E-state index in [9.17, 15) is 19.2 Å². The molecule has 4 amide bonds. The standard InChI is InChI=1S/C22H22BrN3O4/c1-3-25(4-2)20(28)14-5-8-16(9-6-14)24-19(27)11-12-26-21(29)17-10-7-15(23)13-18(17)22(26)30/h5-10,13H,3-4,11-12H2,1-2H3,(H,24,27). The molecule has 0 spiro atoms. The topological polar surface area (TPSA) is 86.8 Å². The molecule has 0 atom stereocenters. The zero-order valence-corrected chi connectivity index (χ0v) is 18.4. The van der Waals surface area contributed by atoms with Gasteiger partial charge in [-0.15, -0.1) is 0 Å². The molecule has 1 heterocycles.